The van der Waals surface area contributed by atoms with E-state index in [4.69, 9.17) is 15.9 Å². The Hall–Kier alpha value is -2.03. The average molecular weight is 264 g/mol. The van der Waals surface area contributed by atoms with Crippen LogP contribution < -0.4 is 4.74 Å². The normalized spacial score (nSPS) is 14.9. The SMILES string of the molecule is C#C[C@@](C)(O)[C@H](O)COC(=O)c1ccc(OC)cc1. The van der Waals surface area contributed by atoms with Crippen molar-refractivity contribution >= 4 is 5.97 Å². The fourth-order valence-corrected chi connectivity index (χ4v) is 1.22. The van der Waals surface area contributed by atoms with Gasteiger partial charge in [0.25, 0.3) is 0 Å². The van der Waals surface area contributed by atoms with Crippen molar-refractivity contribution < 1.29 is 24.5 Å². The molecule has 0 saturated carbocycles. The van der Waals surface area contributed by atoms with Gasteiger partial charge in [-0.3, -0.25) is 0 Å². The summed E-state index contributed by atoms with van der Waals surface area (Å²) in [6.07, 6.45) is 3.69. The van der Waals surface area contributed by atoms with E-state index in [9.17, 15) is 15.0 Å². The number of benzene rings is 1. The predicted molar refractivity (Wildman–Crippen MR) is 68.7 cm³/mol. The Kier molecular flexibility index (Phi) is 4.93. The molecule has 0 aliphatic heterocycles. The van der Waals surface area contributed by atoms with Gasteiger partial charge in [-0.2, -0.15) is 0 Å². The van der Waals surface area contributed by atoms with Crippen LogP contribution in [0.25, 0.3) is 0 Å². The molecule has 19 heavy (non-hydrogen) atoms. The van der Waals surface area contributed by atoms with Crippen LogP contribution in [0.2, 0.25) is 0 Å². The molecule has 2 N–H and O–H groups in total. The van der Waals surface area contributed by atoms with Gasteiger partial charge in [0.1, 0.15) is 18.5 Å². The van der Waals surface area contributed by atoms with Crippen molar-refractivity contribution in [1.82, 2.24) is 0 Å². The highest BCUT2D eigenvalue weighted by atomic mass is 16.5. The summed E-state index contributed by atoms with van der Waals surface area (Å²) >= 11 is 0. The van der Waals surface area contributed by atoms with Crippen molar-refractivity contribution in [2.24, 2.45) is 0 Å². The van der Waals surface area contributed by atoms with E-state index in [0.29, 0.717) is 11.3 Å². The maximum atomic E-state index is 11.7. The Morgan fingerprint density at radius 2 is 2.05 bits per heavy atom. The van der Waals surface area contributed by atoms with Crippen molar-refractivity contribution in [3.05, 3.63) is 29.8 Å². The minimum absolute atomic E-state index is 0.313. The molecule has 0 saturated heterocycles. The Morgan fingerprint density at radius 3 is 2.53 bits per heavy atom. The molecular weight excluding hydrogens is 248 g/mol. The highest BCUT2D eigenvalue weighted by Gasteiger charge is 2.29. The van der Waals surface area contributed by atoms with Gasteiger partial charge in [0.2, 0.25) is 0 Å². The number of hydrogen-bond donors (Lipinski definition) is 2. The van der Waals surface area contributed by atoms with Crippen LogP contribution in [0.1, 0.15) is 17.3 Å². The van der Waals surface area contributed by atoms with Crippen LogP contribution in [0.4, 0.5) is 0 Å². The lowest BCUT2D eigenvalue weighted by Gasteiger charge is -2.22. The number of methoxy groups -OCH3 is 1. The van der Waals surface area contributed by atoms with Gasteiger partial charge in [0.15, 0.2) is 5.60 Å². The molecule has 5 nitrogen and oxygen atoms in total. The number of terminal acetylenes is 1. The van der Waals surface area contributed by atoms with E-state index in [2.05, 4.69) is 0 Å². The first-order chi connectivity index (χ1) is 8.90. The molecule has 0 fully saturated rings. The van der Waals surface area contributed by atoms with Crippen LogP contribution in [-0.2, 0) is 4.74 Å². The summed E-state index contributed by atoms with van der Waals surface area (Å²) in [6, 6.07) is 6.30. The molecule has 5 heteroatoms. The second kappa shape index (κ2) is 6.23. The van der Waals surface area contributed by atoms with Crippen LogP contribution in [0.15, 0.2) is 24.3 Å². The summed E-state index contributed by atoms with van der Waals surface area (Å²) in [6.45, 7) is 0.876. The number of carbonyl (C=O) groups excluding carboxylic acids is 1. The summed E-state index contributed by atoms with van der Waals surface area (Å²) in [5.41, 5.74) is -1.42. The quantitative estimate of drug-likeness (QED) is 0.601. The molecule has 0 aromatic heterocycles. The van der Waals surface area contributed by atoms with E-state index in [1.165, 1.54) is 26.2 Å². The second-order valence-electron chi connectivity index (χ2n) is 4.13. The smallest absolute Gasteiger partial charge is 0.338 e. The zero-order valence-electron chi connectivity index (χ0n) is 10.8. The summed E-state index contributed by atoms with van der Waals surface area (Å²) in [5, 5.41) is 19.1. The fourth-order valence-electron chi connectivity index (χ4n) is 1.22. The monoisotopic (exact) mass is 264 g/mol. The van der Waals surface area contributed by atoms with E-state index >= 15 is 0 Å². The first-order valence-electron chi connectivity index (χ1n) is 5.60. The third-order valence-corrected chi connectivity index (χ3v) is 2.64. The minimum atomic E-state index is -1.74. The van der Waals surface area contributed by atoms with Crippen LogP contribution >= 0.6 is 0 Å². The summed E-state index contributed by atoms with van der Waals surface area (Å²) in [5.74, 6) is 2.02. The second-order valence-corrected chi connectivity index (χ2v) is 4.13. The highest BCUT2D eigenvalue weighted by Crippen LogP contribution is 2.13. The number of hydrogen-bond acceptors (Lipinski definition) is 5. The number of aliphatic hydroxyl groups excluding tert-OH is 1. The fraction of sp³-hybridized carbons (Fsp3) is 0.357. The van der Waals surface area contributed by atoms with Gasteiger partial charge in [-0.15, -0.1) is 6.42 Å². The van der Waals surface area contributed by atoms with Crippen LogP contribution in [0, 0.1) is 12.3 Å². The molecule has 0 unspecified atom stereocenters. The Labute approximate surface area is 111 Å². The van der Waals surface area contributed by atoms with Crippen LogP contribution in [0.5, 0.6) is 5.75 Å². The first kappa shape index (κ1) is 15.0. The van der Waals surface area contributed by atoms with Gasteiger partial charge >= 0.3 is 5.97 Å². The molecule has 102 valence electrons. The van der Waals surface area contributed by atoms with Crippen molar-refractivity contribution in [1.29, 1.82) is 0 Å². The van der Waals surface area contributed by atoms with Gasteiger partial charge in [-0.1, -0.05) is 5.92 Å². The molecule has 0 bridgehead atoms. The molecule has 1 rings (SSSR count). The van der Waals surface area contributed by atoms with Gasteiger partial charge in [0, 0.05) is 0 Å². The number of aliphatic hydroxyl groups is 2. The lowest BCUT2D eigenvalue weighted by atomic mass is 10.0. The van der Waals surface area contributed by atoms with Crippen molar-refractivity contribution in [2.45, 2.75) is 18.6 Å². The number of ether oxygens (including phenoxy) is 2. The zero-order chi connectivity index (χ0) is 14.5. The highest BCUT2D eigenvalue weighted by molar-refractivity contribution is 5.89. The largest absolute Gasteiger partial charge is 0.497 e. The summed E-state index contributed by atoms with van der Waals surface area (Å²) < 4.78 is 9.83. The molecule has 2 atom stereocenters. The molecule has 0 aliphatic rings. The molecular formula is C14H16O5. The third-order valence-electron chi connectivity index (χ3n) is 2.64. The average Bonchev–Trinajstić information content (AvgIpc) is 2.44. The van der Waals surface area contributed by atoms with Gasteiger partial charge < -0.3 is 19.7 Å². The number of rotatable bonds is 5. The van der Waals surface area contributed by atoms with Crippen molar-refractivity contribution in [2.75, 3.05) is 13.7 Å². The Balaban J connectivity index is 2.58. The van der Waals surface area contributed by atoms with Crippen LogP contribution in [0.3, 0.4) is 0 Å². The van der Waals surface area contributed by atoms with E-state index in [1.807, 2.05) is 5.92 Å². The predicted octanol–water partition coefficient (Wildman–Crippen LogP) is 0.597. The van der Waals surface area contributed by atoms with Gasteiger partial charge in [-0.25, -0.2) is 4.79 Å². The Morgan fingerprint density at radius 1 is 1.47 bits per heavy atom. The molecule has 0 heterocycles. The molecule has 0 radical (unpaired) electrons. The Bertz CT molecular complexity index is 470. The first-order valence-corrected chi connectivity index (χ1v) is 5.60. The van der Waals surface area contributed by atoms with E-state index in [-0.39, 0.29) is 6.61 Å². The lowest BCUT2D eigenvalue weighted by Crippen LogP contribution is -2.41. The molecule has 0 amide bonds. The maximum Gasteiger partial charge on any atom is 0.338 e. The summed E-state index contributed by atoms with van der Waals surface area (Å²) in [4.78, 5) is 11.7. The van der Waals surface area contributed by atoms with Gasteiger partial charge in [-0.05, 0) is 31.2 Å². The lowest BCUT2D eigenvalue weighted by molar-refractivity contribution is -0.0535. The molecule has 1 aromatic rings. The zero-order valence-corrected chi connectivity index (χ0v) is 10.8. The van der Waals surface area contributed by atoms with E-state index in [0.717, 1.165) is 0 Å². The standard InChI is InChI=1S/C14H16O5/c1-4-14(2,17)12(15)9-19-13(16)10-5-7-11(18-3)8-6-10/h1,5-8,12,15,17H,9H2,2-3H3/t12-,14-/m1/s1. The third kappa shape index (κ3) is 3.98. The molecule has 0 aliphatic carbocycles. The number of esters is 1. The van der Waals surface area contributed by atoms with Crippen LogP contribution in [-0.4, -0.2) is 41.6 Å². The molecule has 1 aromatic carbocycles. The topological polar surface area (TPSA) is 76.0 Å². The van der Waals surface area contributed by atoms with Gasteiger partial charge in [0.05, 0.1) is 12.7 Å². The minimum Gasteiger partial charge on any atom is -0.497 e. The number of carbonyl (C=O) groups is 1. The van der Waals surface area contributed by atoms with Crippen molar-refractivity contribution in [3.63, 3.8) is 0 Å². The summed E-state index contributed by atoms with van der Waals surface area (Å²) in [7, 11) is 1.52. The van der Waals surface area contributed by atoms with E-state index < -0.39 is 17.7 Å². The molecule has 0 spiro atoms. The van der Waals surface area contributed by atoms with E-state index in [1.54, 1.807) is 12.1 Å². The van der Waals surface area contributed by atoms with Crippen molar-refractivity contribution in [3.8, 4) is 18.1 Å². The maximum absolute atomic E-state index is 11.7.